The number of carbonyl (C=O) groups excluding carboxylic acids is 7. The molecule has 0 aliphatic carbocycles. The lowest BCUT2D eigenvalue weighted by molar-refractivity contribution is -0.115. The van der Waals surface area contributed by atoms with Crippen molar-refractivity contribution in [1.82, 2.24) is 114 Å². The van der Waals surface area contributed by atoms with Crippen LogP contribution in [0.1, 0.15) is 176 Å². The molecule has 5 aromatic carbocycles. The van der Waals surface area contributed by atoms with Crippen LogP contribution in [0.5, 0.6) is 0 Å². The minimum absolute atomic E-state index is 0. The van der Waals surface area contributed by atoms with Crippen molar-refractivity contribution in [2.75, 3.05) is 46.9 Å². The number of rotatable bonds is 15. The van der Waals surface area contributed by atoms with Gasteiger partial charge in [-0.25, -0.2) is 14.5 Å². The summed E-state index contributed by atoms with van der Waals surface area (Å²) in [4.78, 5) is 119. The predicted octanol–water partition coefficient (Wildman–Crippen LogP) is 14.9. The lowest BCUT2D eigenvalue weighted by atomic mass is 9.93. The fourth-order valence-electron chi connectivity index (χ4n) is 16.3. The Morgan fingerprint density at radius 3 is 0.852 bits per heavy atom. The summed E-state index contributed by atoms with van der Waals surface area (Å²) in [6.45, 7) is 14.4. The number of terminal acetylenes is 2. The van der Waals surface area contributed by atoms with E-state index in [2.05, 4.69) is 166 Å². The summed E-state index contributed by atoms with van der Waals surface area (Å²) in [5, 5.41) is 41.4. The number of benzene rings is 5. The number of halogens is 1. The van der Waals surface area contributed by atoms with E-state index < -0.39 is 18.8 Å². The number of ketones is 1. The van der Waals surface area contributed by atoms with E-state index in [0.717, 1.165) is 107 Å². The molecule has 10 atom stereocenters. The summed E-state index contributed by atoms with van der Waals surface area (Å²) >= 11 is 2.17. The van der Waals surface area contributed by atoms with Crippen LogP contribution in [0.25, 0.3) is 34.0 Å². The molecular weight excluding hydrogens is 1930 g/mol. The van der Waals surface area contributed by atoms with Crippen LogP contribution >= 0.6 is 30.2 Å². The van der Waals surface area contributed by atoms with Crippen molar-refractivity contribution >= 4 is 77.2 Å². The van der Waals surface area contributed by atoms with Crippen molar-refractivity contribution in [2.45, 2.75) is 143 Å². The average molecular weight is 2040 g/mol. The van der Waals surface area contributed by atoms with E-state index in [1.54, 1.807) is 91.5 Å². The zero-order chi connectivity index (χ0) is 100. The van der Waals surface area contributed by atoms with Gasteiger partial charge in [-0.05, 0) is 230 Å². The average Bonchev–Trinajstić information content (AvgIpc) is 1.23. The summed E-state index contributed by atoms with van der Waals surface area (Å²) in [6.07, 6.45) is 42.6. The molecule has 142 heavy (non-hydrogen) atoms. The summed E-state index contributed by atoms with van der Waals surface area (Å²) in [5.41, 5.74) is 15.6. The van der Waals surface area contributed by atoms with Gasteiger partial charge in [0.05, 0.1) is 118 Å². The Bertz CT molecular complexity index is 6340. The number of pyridine rings is 3. The number of para-hydroxylation sites is 5. The van der Waals surface area contributed by atoms with Gasteiger partial charge in [-0.15, -0.1) is 24.7 Å². The lowest BCUT2D eigenvalue weighted by Crippen LogP contribution is -2.46. The third kappa shape index (κ3) is 28.6. The Morgan fingerprint density at radius 1 is 0.373 bits per heavy atom. The molecule has 13 aromatic rings. The topological polar surface area (TPSA) is 400 Å². The zero-order valence-corrected chi connectivity index (χ0v) is 82.5. The van der Waals surface area contributed by atoms with Gasteiger partial charge >= 0.3 is 13.0 Å². The molecule has 5 aliphatic rings. The van der Waals surface area contributed by atoms with E-state index in [1.165, 1.54) is 24.0 Å². The Kier molecular flexibility index (Phi) is 40.3. The van der Waals surface area contributed by atoms with Crippen LogP contribution in [0.2, 0.25) is 0 Å². The van der Waals surface area contributed by atoms with Crippen molar-refractivity contribution in [3.8, 4) is 76.8 Å². The van der Waals surface area contributed by atoms with Crippen LogP contribution in [-0.2, 0) is 23.2 Å². The summed E-state index contributed by atoms with van der Waals surface area (Å²) in [5.74, 6) is 18.1. The Morgan fingerprint density at radius 2 is 0.627 bits per heavy atom. The summed E-state index contributed by atoms with van der Waals surface area (Å²) in [6, 6.07) is 55.0. The van der Waals surface area contributed by atoms with Crippen LogP contribution in [0.4, 0.5) is 0 Å². The van der Waals surface area contributed by atoms with Gasteiger partial charge in [0.1, 0.15) is 21.4 Å². The zero-order valence-electron chi connectivity index (χ0n) is 79.4. The monoisotopic (exact) mass is 2040 g/mol. The smallest absolute Gasteiger partial charge is 0.360 e. The van der Waals surface area contributed by atoms with E-state index >= 15 is 0 Å². The van der Waals surface area contributed by atoms with Gasteiger partial charge in [0.15, 0.2) is 0 Å². The molecule has 8 aromatic heterocycles. The number of hydrogen-bond donors (Lipinski definition) is 0. The van der Waals surface area contributed by atoms with Crippen LogP contribution in [0.15, 0.2) is 256 Å². The lowest BCUT2D eigenvalue weighted by Gasteiger charge is -2.36. The number of aromatic nitrogens is 18. The van der Waals surface area contributed by atoms with Gasteiger partial charge in [-0.3, -0.25) is 33.8 Å². The molecule has 13 heterocycles. The third-order valence-electron chi connectivity index (χ3n) is 24.2. The quantitative estimate of drug-likeness (QED) is 0.0134. The molecule has 730 valence electrons. The maximum atomic E-state index is 13.3. The number of likely N-dealkylation sites (tertiary alicyclic amines) is 5. The first-order valence-corrected chi connectivity index (χ1v) is 48.7. The van der Waals surface area contributed by atoms with Gasteiger partial charge in [-0.2, -0.15) is 79.8 Å². The summed E-state index contributed by atoms with van der Waals surface area (Å²) in [7, 11) is -1.51. The number of amides is 5. The molecule has 5 aliphatic heterocycles. The van der Waals surface area contributed by atoms with Crippen LogP contribution in [0, 0.1) is 81.7 Å². The third-order valence-corrected chi connectivity index (χ3v) is 26.7. The number of carbonyl (C=O) groups is 7. The van der Waals surface area contributed by atoms with E-state index in [-0.39, 0.29) is 96.8 Å². The fraction of sp³-hybridized carbons (Fsp3) is 0.324. The number of aldehydes is 1. The number of nitrogens with zero attached hydrogens (tertiary/aromatic N) is 25. The van der Waals surface area contributed by atoms with E-state index in [1.807, 2.05) is 196 Å². The van der Waals surface area contributed by atoms with E-state index in [4.69, 9.17) is 18.4 Å². The van der Waals surface area contributed by atoms with Crippen molar-refractivity contribution < 1.29 is 52.0 Å². The fourth-order valence-corrected chi connectivity index (χ4v) is 17.7. The first-order chi connectivity index (χ1) is 68.5. The Balaban J connectivity index is 0.000000162. The largest absolute Gasteiger partial charge is 0.446 e. The molecule has 0 saturated carbocycles. The second-order valence-electron chi connectivity index (χ2n) is 33.6. The van der Waals surface area contributed by atoms with Gasteiger partial charge in [-0.1, -0.05) is 98.1 Å². The van der Waals surface area contributed by atoms with E-state index in [9.17, 15) is 38.1 Å². The SMILES string of the molecule is C.C#C[C@@H]1CC[C@@H](C)N(C(=O)c2ccccc2-n2nccn2)C1.C#C[C@H]1CC[C@@H](C)N(C(=O)c2ccccc2-n2nccn2)C1.COP(=O)(OC)C(=[N+]=[N-])C(C)=O.C[C@@H]1CC[C@@H](C#Cc2ccccn2)CN1C(=O)c1ccccc1-n1nccn1.C[C@@H]1CC[C@@H](C#Cc2ccccn2)CN1C(=O)c1ccccc1-n1nccn1.C[C@@H]1CC[C@@H](C=O)CN1C(=O)c1ccccc1-n1nccn1.Ic1ccccn1. The number of piperidine rings is 5. The molecular formula is C105H113IN25O10P. The van der Waals surface area contributed by atoms with Gasteiger partial charge in [0.25, 0.3) is 29.5 Å². The molecule has 5 amide bonds. The van der Waals surface area contributed by atoms with Crippen molar-refractivity contribution in [3.05, 3.63) is 305 Å². The highest BCUT2D eigenvalue weighted by atomic mass is 127. The standard InChI is InChI=1S/2C22H21N5O.2C17H18N4O.C16H18N4O2.C5H4IN.C5H9N2O4P.CH4/c2*1-17-9-10-18(11-12-19-6-4-5-13-23-19)16-26(17)22(28)20-7-2-3-8-21(20)27-24-14-15-25-27;2*1-3-14-9-8-13(2)20(12-14)17(22)15-6-4-5-7-16(15)21-18-10-11-19-21;1-12-6-7-13(11-21)10-19(12)16(22)14-4-2-3-5-15(14)20-17-8-9-18-20;6-5-3-1-2-4-7-5;1-4(8)5(7-6)12(9,10-2)11-3;/h2*2-8,13-15,17-18H,9-10,16H2,1H3;2*1,4-7,10-11,13-14H,8-9,12H2,2H3;2-5,8-9,11-13H,6-7,10H2,1H3;1-4H;1-3H3;1H4/t2*17-,18+;13-,14+;13-,14-;12-,13-;;;/m11111.../s1. The highest BCUT2D eigenvalue weighted by molar-refractivity contribution is 14.1. The molecule has 18 rings (SSSR count). The number of hydrogen-bond acceptors (Lipinski definition) is 23. The van der Waals surface area contributed by atoms with E-state index in [0.29, 0.717) is 89.0 Å². The van der Waals surface area contributed by atoms with Crippen LogP contribution < -0.4 is 0 Å². The molecule has 0 radical (unpaired) electrons. The Hall–Kier alpha value is -15.6. The van der Waals surface area contributed by atoms with Crippen molar-refractivity contribution in [3.63, 3.8) is 0 Å². The van der Waals surface area contributed by atoms with Gasteiger partial charge in [0.2, 0.25) is 5.78 Å². The molecule has 5 fully saturated rings. The molecule has 37 heteroatoms. The van der Waals surface area contributed by atoms with Crippen molar-refractivity contribution in [2.24, 2.45) is 29.6 Å². The summed E-state index contributed by atoms with van der Waals surface area (Å²) < 4.78 is 21.3. The molecule has 0 bridgehead atoms. The molecule has 0 N–H and O–H groups in total. The molecule has 5 saturated heterocycles. The second kappa shape index (κ2) is 53.6. The first kappa shape index (κ1) is 107. The maximum Gasteiger partial charge on any atom is 0.446 e. The molecule has 35 nitrogen and oxygen atoms in total. The second-order valence-corrected chi connectivity index (χ2v) is 36.8. The maximum absolute atomic E-state index is 13.3. The molecule has 0 unspecified atom stereocenters. The van der Waals surface area contributed by atoms with Gasteiger partial charge in [0, 0.05) is 132 Å². The minimum atomic E-state index is -3.70. The van der Waals surface area contributed by atoms with Crippen LogP contribution in [-0.4, -0.2) is 243 Å². The normalized spacial score (nSPS) is 18.8. The van der Waals surface area contributed by atoms with Gasteiger partial charge < -0.3 is 43.9 Å². The predicted molar refractivity (Wildman–Crippen MR) is 543 cm³/mol. The Labute approximate surface area is 839 Å². The first-order valence-electron chi connectivity index (χ1n) is 46.0. The number of Topliss-reactive ketones (excluding diaryl/α,β-unsaturated/α-hetero) is 1. The van der Waals surface area contributed by atoms with Crippen molar-refractivity contribution in [1.29, 1.82) is 0 Å². The highest BCUT2D eigenvalue weighted by Crippen LogP contribution is 2.47. The highest BCUT2D eigenvalue weighted by Gasteiger charge is 2.42. The molecule has 0 spiro atoms. The minimum Gasteiger partial charge on any atom is -0.360 e. The van der Waals surface area contributed by atoms with Crippen LogP contribution in [0.3, 0.4) is 0 Å².